The van der Waals surface area contributed by atoms with E-state index in [2.05, 4.69) is 7.05 Å². The Hall–Kier alpha value is 0.130. The monoisotopic (exact) mass is 253 g/mol. The molecule has 0 bridgehead atoms. The van der Waals surface area contributed by atoms with Crippen LogP contribution in [0.4, 0.5) is 0 Å². The van der Waals surface area contributed by atoms with E-state index >= 15 is 0 Å². The van der Waals surface area contributed by atoms with Gasteiger partial charge in [-0.25, -0.2) is 0 Å². The fourth-order valence-electron chi connectivity index (χ4n) is 2.22. The molecule has 0 saturated carbocycles. The summed E-state index contributed by atoms with van der Waals surface area (Å²) in [5, 5.41) is 18.9. The summed E-state index contributed by atoms with van der Waals surface area (Å²) in [6.07, 6.45) is 0.795. The van der Waals surface area contributed by atoms with E-state index in [1.54, 1.807) is 13.8 Å². The standard InChI is InChI=1S/C11H24NO3.ClH/c1-9(13)6-12(3,7-10(2)14)5-4-11-8-15-11;/h9-11,13-14H,4-8H2,1-3H3;1H/q+1;/p-1. The average molecular weight is 254 g/mol. The topological polar surface area (TPSA) is 53.0 Å². The number of ether oxygens (including phenoxy) is 1. The first-order valence-electron chi connectivity index (χ1n) is 5.72. The van der Waals surface area contributed by atoms with E-state index in [0.29, 0.717) is 19.2 Å². The van der Waals surface area contributed by atoms with E-state index in [1.165, 1.54) is 0 Å². The minimum Gasteiger partial charge on any atom is -1.00 e. The summed E-state index contributed by atoms with van der Waals surface area (Å²) >= 11 is 0. The zero-order valence-electron chi connectivity index (χ0n) is 10.4. The predicted molar refractivity (Wildman–Crippen MR) is 58.5 cm³/mol. The van der Waals surface area contributed by atoms with Gasteiger partial charge in [-0.2, -0.15) is 0 Å². The summed E-state index contributed by atoms with van der Waals surface area (Å²) < 4.78 is 5.90. The Kier molecular flexibility index (Phi) is 6.82. The van der Waals surface area contributed by atoms with Gasteiger partial charge in [0.15, 0.2) is 0 Å². The summed E-state index contributed by atoms with van der Waals surface area (Å²) in [6, 6.07) is 0. The maximum atomic E-state index is 9.45. The number of hydrogen-bond donors (Lipinski definition) is 2. The number of epoxide rings is 1. The fraction of sp³-hybridized carbons (Fsp3) is 1.00. The van der Waals surface area contributed by atoms with Crippen LogP contribution in [-0.2, 0) is 4.74 Å². The Morgan fingerprint density at radius 1 is 1.25 bits per heavy atom. The SMILES string of the molecule is CC(O)C[N+](C)(CCC1CO1)CC(C)O.[Cl-]. The Bertz CT molecular complexity index is 186. The molecule has 16 heavy (non-hydrogen) atoms. The molecular weight excluding hydrogens is 230 g/mol. The van der Waals surface area contributed by atoms with Gasteiger partial charge in [0.05, 0.1) is 26.3 Å². The molecule has 0 spiro atoms. The number of rotatable bonds is 7. The van der Waals surface area contributed by atoms with Crippen LogP contribution in [0.3, 0.4) is 0 Å². The van der Waals surface area contributed by atoms with Crippen LogP contribution < -0.4 is 12.4 Å². The number of aliphatic hydroxyl groups is 2. The molecule has 0 aromatic carbocycles. The van der Waals surface area contributed by atoms with Gasteiger partial charge in [0.2, 0.25) is 0 Å². The van der Waals surface area contributed by atoms with Gasteiger partial charge in [-0.1, -0.05) is 0 Å². The van der Waals surface area contributed by atoms with Gasteiger partial charge >= 0.3 is 0 Å². The highest BCUT2D eigenvalue weighted by molar-refractivity contribution is 4.68. The number of hydrogen-bond acceptors (Lipinski definition) is 3. The summed E-state index contributed by atoms with van der Waals surface area (Å²) in [7, 11) is 2.09. The molecule has 1 aliphatic rings. The molecule has 2 N–H and O–H groups in total. The highest BCUT2D eigenvalue weighted by Gasteiger charge is 2.30. The van der Waals surface area contributed by atoms with Crippen molar-refractivity contribution in [2.45, 2.75) is 38.6 Å². The van der Waals surface area contributed by atoms with E-state index in [1.807, 2.05) is 0 Å². The predicted octanol–water partition coefficient (Wildman–Crippen LogP) is -3.01. The van der Waals surface area contributed by atoms with Crippen LogP contribution >= 0.6 is 0 Å². The first kappa shape index (κ1) is 16.1. The molecular formula is C11H24ClNO3. The largest absolute Gasteiger partial charge is 1.00 e. The molecule has 0 aromatic rings. The zero-order chi connectivity index (χ0) is 11.5. The van der Waals surface area contributed by atoms with Gasteiger partial charge in [-0.15, -0.1) is 0 Å². The van der Waals surface area contributed by atoms with E-state index in [4.69, 9.17) is 4.74 Å². The molecule has 1 aliphatic heterocycles. The molecule has 0 radical (unpaired) electrons. The first-order valence-corrected chi connectivity index (χ1v) is 5.72. The smallest absolute Gasteiger partial charge is 0.105 e. The lowest BCUT2D eigenvalue weighted by Crippen LogP contribution is -3.00. The second-order valence-corrected chi connectivity index (χ2v) is 5.15. The number of quaternary nitrogens is 1. The lowest BCUT2D eigenvalue weighted by Gasteiger charge is -2.36. The third-order valence-corrected chi connectivity index (χ3v) is 2.80. The summed E-state index contributed by atoms with van der Waals surface area (Å²) in [5.41, 5.74) is 0. The van der Waals surface area contributed by atoms with Crippen LogP contribution in [-0.4, -0.2) is 66.3 Å². The summed E-state index contributed by atoms with van der Waals surface area (Å²) in [4.78, 5) is 0. The molecule has 0 amide bonds. The van der Waals surface area contributed by atoms with Crippen molar-refractivity contribution < 1.29 is 31.8 Å². The molecule has 3 unspecified atom stereocenters. The van der Waals surface area contributed by atoms with Gasteiger partial charge < -0.3 is 31.8 Å². The number of likely N-dealkylation sites (N-methyl/N-ethyl adjacent to an activating group) is 1. The molecule has 3 atom stereocenters. The van der Waals surface area contributed by atoms with Crippen molar-refractivity contribution in [3.8, 4) is 0 Å². The minimum atomic E-state index is -0.325. The van der Waals surface area contributed by atoms with Crippen molar-refractivity contribution in [3.63, 3.8) is 0 Å². The third kappa shape index (κ3) is 6.66. The van der Waals surface area contributed by atoms with Crippen LogP contribution in [0, 0.1) is 0 Å². The van der Waals surface area contributed by atoms with E-state index in [9.17, 15) is 10.2 Å². The van der Waals surface area contributed by atoms with Crippen LogP contribution in [0.5, 0.6) is 0 Å². The fourth-order valence-corrected chi connectivity index (χ4v) is 2.22. The maximum absolute atomic E-state index is 9.45. The first-order chi connectivity index (χ1) is 6.91. The Morgan fingerprint density at radius 2 is 1.69 bits per heavy atom. The molecule has 1 saturated heterocycles. The molecule has 98 valence electrons. The summed E-state index contributed by atoms with van der Waals surface area (Å²) in [5.74, 6) is 0. The van der Waals surface area contributed by atoms with Crippen molar-refractivity contribution >= 4 is 0 Å². The summed E-state index contributed by atoms with van der Waals surface area (Å²) in [6.45, 7) is 6.82. The van der Waals surface area contributed by atoms with Crippen molar-refractivity contribution in [2.24, 2.45) is 0 Å². The average Bonchev–Trinajstić information content (AvgIpc) is 2.79. The Balaban J connectivity index is 0.00000225. The molecule has 1 rings (SSSR count). The van der Waals surface area contributed by atoms with E-state index in [0.717, 1.165) is 24.1 Å². The lowest BCUT2D eigenvalue weighted by molar-refractivity contribution is -0.915. The Labute approximate surface area is 104 Å². The van der Waals surface area contributed by atoms with Gasteiger partial charge in [-0.3, -0.25) is 0 Å². The van der Waals surface area contributed by atoms with Crippen molar-refractivity contribution in [2.75, 3.05) is 33.3 Å². The van der Waals surface area contributed by atoms with Crippen LogP contribution in [0.1, 0.15) is 20.3 Å². The second-order valence-electron chi connectivity index (χ2n) is 5.15. The van der Waals surface area contributed by atoms with E-state index < -0.39 is 0 Å². The highest BCUT2D eigenvalue weighted by atomic mass is 35.5. The van der Waals surface area contributed by atoms with Crippen LogP contribution in [0.25, 0.3) is 0 Å². The quantitative estimate of drug-likeness (QED) is 0.375. The van der Waals surface area contributed by atoms with Gasteiger partial charge in [0.25, 0.3) is 0 Å². The zero-order valence-corrected chi connectivity index (χ0v) is 11.2. The van der Waals surface area contributed by atoms with E-state index in [-0.39, 0.29) is 24.6 Å². The maximum Gasteiger partial charge on any atom is 0.105 e. The van der Waals surface area contributed by atoms with Crippen LogP contribution in [0.2, 0.25) is 0 Å². The molecule has 4 nitrogen and oxygen atoms in total. The molecule has 1 heterocycles. The molecule has 5 heteroatoms. The number of halogens is 1. The van der Waals surface area contributed by atoms with Gasteiger partial charge in [0, 0.05) is 6.42 Å². The van der Waals surface area contributed by atoms with Gasteiger partial charge in [-0.05, 0) is 13.8 Å². The van der Waals surface area contributed by atoms with Crippen molar-refractivity contribution in [1.82, 2.24) is 0 Å². The molecule has 0 aliphatic carbocycles. The molecule has 0 aromatic heterocycles. The van der Waals surface area contributed by atoms with Crippen molar-refractivity contribution in [3.05, 3.63) is 0 Å². The number of aliphatic hydroxyl groups excluding tert-OH is 2. The highest BCUT2D eigenvalue weighted by Crippen LogP contribution is 2.17. The third-order valence-electron chi connectivity index (χ3n) is 2.80. The molecule has 1 fully saturated rings. The second kappa shape index (κ2) is 6.77. The Morgan fingerprint density at radius 3 is 2.00 bits per heavy atom. The van der Waals surface area contributed by atoms with Crippen LogP contribution in [0.15, 0.2) is 0 Å². The minimum absolute atomic E-state index is 0. The normalized spacial score (nSPS) is 26.4. The van der Waals surface area contributed by atoms with Gasteiger partial charge in [0.1, 0.15) is 25.3 Å². The van der Waals surface area contributed by atoms with Crippen molar-refractivity contribution in [1.29, 1.82) is 0 Å². The lowest BCUT2D eigenvalue weighted by atomic mass is 10.2. The number of nitrogens with zero attached hydrogens (tertiary/aromatic N) is 1.